The normalized spacial score (nSPS) is 16.0. The number of hydrogen-bond acceptors (Lipinski definition) is 5. The van der Waals surface area contributed by atoms with Gasteiger partial charge in [-0.3, -0.25) is 14.9 Å². The summed E-state index contributed by atoms with van der Waals surface area (Å²) in [6.07, 6.45) is 7.67. The lowest BCUT2D eigenvalue weighted by Gasteiger charge is -2.25. The molecule has 0 aliphatic carbocycles. The SMILES string of the molecule is COc1ccc(CC(=O)N2CCC[C@@H]2c2[nH]ncc2-c2ccncc2C)cc1OC. The van der Waals surface area contributed by atoms with E-state index in [-0.39, 0.29) is 11.9 Å². The Labute approximate surface area is 176 Å². The van der Waals surface area contributed by atoms with Gasteiger partial charge in [0.1, 0.15) is 0 Å². The highest BCUT2D eigenvalue weighted by molar-refractivity contribution is 5.80. The van der Waals surface area contributed by atoms with Crippen LogP contribution in [0.3, 0.4) is 0 Å². The Bertz CT molecular complexity index is 1050. The first-order valence-electron chi connectivity index (χ1n) is 10.1. The highest BCUT2D eigenvalue weighted by Crippen LogP contribution is 2.37. The number of hydrogen-bond donors (Lipinski definition) is 1. The molecule has 7 nitrogen and oxygen atoms in total. The maximum absolute atomic E-state index is 13.2. The fraction of sp³-hybridized carbons (Fsp3) is 0.348. The minimum Gasteiger partial charge on any atom is -0.493 e. The molecule has 1 saturated heterocycles. The standard InChI is InChI=1S/C23H26N4O3/c1-15-13-24-9-8-17(15)18-14-25-26-23(18)19-5-4-10-27(19)22(28)12-16-6-7-20(29-2)21(11-16)30-3/h6-9,11,13-14,19H,4-5,10,12H2,1-3H3,(H,25,26)/t19-/m1/s1. The molecule has 0 saturated carbocycles. The van der Waals surface area contributed by atoms with Gasteiger partial charge in [0.15, 0.2) is 11.5 Å². The van der Waals surface area contributed by atoms with Crippen molar-refractivity contribution in [1.82, 2.24) is 20.1 Å². The van der Waals surface area contributed by atoms with Crippen LogP contribution in [0.15, 0.2) is 42.9 Å². The number of pyridine rings is 1. The minimum absolute atomic E-state index is 0.0114. The maximum atomic E-state index is 13.2. The quantitative estimate of drug-likeness (QED) is 0.675. The van der Waals surface area contributed by atoms with Crippen molar-refractivity contribution in [1.29, 1.82) is 0 Å². The molecule has 30 heavy (non-hydrogen) atoms. The van der Waals surface area contributed by atoms with Crippen molar-refractivity contribution in [2.45, 2.75) is 32.2 Å². The lowest BCUT2D eigenvalue weighted by atomic mass is 9.98. The fourth-order valence-corrected chi connectivity index (χ4v) is 4.17. The van der Waals surface area contributed by atoms with Crippen LogP contribution in [0, 0.1) is 6.92 Å². The molecule has 1 aliphatic rings. The van der Waals surface area contributed by atoms with Gasteiger partial charge < -0.3 is 14.4 Å². The van der Waals surface area contributed by atoms with E-state index < -0.39 is 0 Å². The van der Waals surface area contributed by atoms with Crippen LogP contribution < -0.4 is 9.47 Å². The second-order valence-electron chi connectivity index (χ2n) is 7.50. The molecular weight excluding hydrogens is 380 g/mol. The zero-order chi connectivity index (χ0) is 21.1. The number of rotatable bonds is 6. The van der Waals surface area contributed by atoms with Gasteiger partial charge in [0, 0.05) is 24.5 Å². The summed E-state index contributed by atoms with van der Waals surface area (Å²) in [5.74, 6) is 1.38. The Kier molecular flexibility index (Phi) is 5.70. The predicted octanol–water partition coefficient (Wildman–Crippen LogP) is 3.70. The van der Waals surface area contributed by atoms with Gasteiger partial charge >= 0.3 is 0 Å². The number of H-pyrrole nitrogens is 1. The Morgan fingerprint density at radius 2 is 2.00 bits per heavy atom. The predicted molar refractivity (Wildman–Crippen MR) is 113 cm³/mol. The van der Waals surface area contributed by atoms with Gasteiger partial charge in [-0.2, -0.15) is 5.10 Å². The van der Waals surface area contributed by atoms with Crippen LogP contribution in [0.25, 0.3) is 11.1 Å². The number of nitrogens with one attached hydrogen (secondary N) is 1. The van der Waals surface area contributed by atoms with E-state index in [4.69, 9.17) is 9.47 Å². The number of amides is 1. The van der Waals surface area contributed by atoms with Crippen molar-refractivity contribution in [3.8, 4) is 22.6 Å². The van der Waals surface area contributed by atoms with Gasteiger partial charge in [-0.25, -0.2) is 0 Å². The van der Waals surface area contributed by atoms with Crippen molar-refractivity contribution in [2.24, 2.45) is 0 Å². The zero-order valence-electron chi connectivity index (χ0n) is 17.5. The number of benzene rings is 1. The summed E-state index contributed by atoms with van der Waals surface area (Å²) in [6, 6.07) is 7.59. The van der Waals surface area contributed by atoms with Crippen molar-refractivity contribution in [3.63, 3.8) is 0 Å². The van der Waals surface area contributed by atoms with Crippen LogP contribution in [0.4, 0.5) is 0 Å². The first kappa shape index (κ1) is 19.9. The van der Waals surface area contributed by atoms with Gasteiger partial charge in [0.05, 0.1) is 38.6 Å². The zero-order valence-corrected chi connectivity index (χ0v) is 17.5. The number of ether oxygens (including phenoxy) is 2. The first-order chi connectivity index (χ1) is 14.6. The van der Waals surface area contributed by atoms with E-state index in [9.17, 15) is 4.79 Å². The number of aryl methyl sites for hydroxylation is 1. The smallest absolute Gasteiger partial charge is 0.227 e. The highest BCUT2D eigenvalue weighted by Gasteiger charge is 2.33. The topological polar surface area (TPSA) is 80.3 Å². The number of methoxy groups -OCH3 is 2. The van der Waals surface area contributed by atoms with Gasteiger partial charge in [-0.15, -0.1) is 0 Å². The lowest BCUT2D eigenvalue weighted by molar-refractivity contribution is -0.131. The molecular formula is C23H26N4O3. The van der Waals surface area contributed by atoms with Crippen LogP contribution in [0.2, 0.25) is 0 Å². The Balaban J connectivity index is 1.57. The third-order valence-electron chi connectivity index (χ3n) is 5.69. The molecule has 0 unspecified atom stereocenters. The van der Waals surface area contributed by atoms with Crippen molar-refractivity contribution < 1.29 is 14.3 Å². The van der Waals surface area contributed by atoms with E-state index in [0.717, 1.165) is 47.3 Å². The molecule has 1 amide bonds. The summed E-state index contributed by atoms with van der Waals surface area (Å²) < 4.78 is 10.7. The van der Waals surface area contributed by atoms with Crippen LogP contribution in [-0.2, 0) is 11.2 Å². The second-order valence-corrected chi connectivity index (χ2v) is 7.50. The third-order valence-corrected chi connectivity index (χ3v) is 5.69. The molecule has 1 aromatic carbocycles. The van der Waals surface area contributed by atoms with Crippen molar-refractivity contribution >= 4 is 5.91 Å². The fourth-order valence-electron chi connectivity index (χ4n) is 4.17. The van der Waals surface area contributed by atoms with E-state index in [0.29, 0.717) is 17.9 Å². The average Bonchev–Trinajstić information content (AvgIpc) is 3.43. The Morgan fingerprint density at radius 1 is 1.17 bits per heavy atom. The second kappa shape index (κ2) is 8.57. The van der Waals surface area contributed by atoms with Gasteiger partial charge in [-0.1, -0.05) is 6.07 Å². The third kappa shape index (κ3) is 3.75. The van der Waals surface area contributed by atoms with Gasteiger partial charge in [-0.05, 0) is 54.7 Å². The molecule has 156 valence electrons. The minimum atomic E-state index is -0.0114. The summed E-state index contributed by atoms with van der Waals surface area (Å²) in [5.41, 5.74) is 5.10. The highest BCUT2D eigenvalue weighted by atomic mass is 16.5. The van der Waals surface area contributed by atoms with E-state index in [1.54, 1.807) is 20.4 Å². The van der Waals surface area contributed by atoms with Crippen LogP contribution >= 0.6 is 0 Å². The number of nitrogens with zero attached hydrogens (tertiary/aromatic N) is 3. The number of carbonyl (C=O) groups is 1. The summed E-state index contributed by atoms with van der Waals surface area (Å²) in [5, 5.41) is 7.44. The Hall–Kier alpha value is -3.35. The summed E-state index contributed by atoms with van der Waals surface area (Å²) in [7, 11) is 3.20. The molecule has 0 bridgehead atoms. The summed E-state index contributed by atoms with van der Waals surface area (Å²) in [4.78, 5) is 19.3. The van der Waals surface area contributed by atoms with E-state index in [1.165, 1.54) is 0 Å². The average molecular weight is 406 g/mol. The summed E-state index contributed by atoms with van der Waals surface area (Å²) >= 11 is 0. The van der Waals surface area contributed by atoms with Gasteiger partial charge in [0.2, 0.25) is 5.91 Å². The number of aromatic nitrogens is 3. The maximum Gasteiger partial charge on any atom is 0.227 e. The molecule has 0 spiro atoms. The monoisotopic (exact) mass is 406 g/mol. The lowest BCUT2D eigenvalue weighted by Crippen LogP contribution is -2.32. The van der Waals surface area contributed by atoms with Gasteiger partial charge in [0.25, 0.3) is 0 Å². The number of aromatic amines is 1. The number of carbonyl (C=O) groups excluding carboxylic acids is 1. The molecule has 2 aromatic heterocycles. The number of likely N-dealkylation sites (tertiary alicyclic amines) is 1. The largest absolute Gasteiger partial charge is 0.493 e. The van der Waals surface area contributed by atoms with Crippen LogP contribution in [0.1, 0.15) is 35.7 Å². The molecule has 7 heteroatoms. The molecule has 1 atom stereocenters. The molecule has 3 aromatic rings. The first-order valence-corrected chi connectivity index (χ1v) is 10.1. The van der Waals surface area contributed by atoms with E-state index >= 15 is 0 Å². The molecule has 3 heterocycles. The van der Waals surface area contributed by atoms with Crippen LogP contribution in [0.5, 0.6) is 11.5 Å². The molecule has 1 N–H and O–H groups in total. The van der Waals surface area contributed by atoms with E-state index in [1.807, 2.05) is 48.5 Å². The summed E-state index contributed by atoms with van der Waals surface area (Å²) in [6.45, 7) is 2.78. The molecule has 4 rings (SSSR count). The molecule has 0 radical (unpaired) electrons. The molecule has 1 aliphatic heterocycles. The molecule has 1 fully saturated rings. The van der Waals surface area contributed by atoms with Crippen molar-refractivity contribution in [3.05, 3.63) is 59.7 Å². The Morgan fingerprint density at radius 3 is 2.77 bits per heavy atom. The van der Waals surface area contributed by atoms with Crippen molar-refractivity contribution in [2.75, 3.05) is 20.8 Å². The van der Waals surface area contributed by atoms with Crippen LogP contribution in [-0.4, -0.2) is 46.8 Å². The van der Waals surface area contributed by atoms with E-state index in [2.05, 4.69) is 15.2 Å².